The first-order chi connectivity index (χ1) is 8.79. The van der Waals surface area contributed by atoms with E-state index in [4.69, 9.17) is 11.0 Å². The molecule has 3 N–H and O–H groups in total. The lowest BCUT2D eigenvalue weighted by Crippen LogP contribution is -2.05. The van der Waals surface area contributed by atoms with Crippen LogP contribution in [0.2, 0.25) is 0 Å². The topological polar surface area (TPSA) is 61.8 Å². The van der Waals surface area contributed by atoms with E-state index in [1.54, 1.807) is 11.6 Å². The van der Waals surface area contributed by atoms with Crippen LogP contribution in [0.15, 0.2) is 29.8 Å². The van der Waals surface area contributed by atoms with Gasteiger partial charge in [0, 0.05) is 12.2 Å². The second kappa shape index (κ2) is 6.11. The highest BCUT2D eigenvalue weighted by Gasteiger charge is 2.03. The van der Waals surface area contributed by atoms with Crippen LogP contribution in [-0.4, -0.2) is 6.54 Å². The molecule has 1 aliphatic rings. The molecule has 0 aromatic heterocycles. The smallest absolute Gasteiger partial charge is 0.101 e. The van der Waals surface area contributed by atoms with Crippen molar-refractivity contribution in [1.82, 2.24) is 0 Å². The maximum atomic E-state index is 8.80. The number of allylic oxidation sites excluding steroid dienone is 1. The molecule has 0 heterocycles. The third-order valence-electron chi connectivity index (χ3n) is 3.33. The fourth-order valence-electron chi connectivity index (χ4n) is 2.27. The van der Waals surface area contributed by atoms with E-state index in [2.05, 4.69) is 17.5 Å². The standard InChI is InChI=1S/C15H19N3/c16-11-13-6-7-14(10-15(13)17)18-9-8-12-4-2-1-3-5-12/h4,6-7,10,18H,1-3,5,8-9,17H2. The zero-order chi connectivity index (χ0) is 12.8. The van der Waals surface area contributed by atoms with E-state index in [-0.39, 0.29) is 0 Å². The van der Waals surface area contributed by atoms with Gasteiger partial charge in [-0.25, -0.2) is 0 Å². The number of anilines is 2. The zero-order valence-corrected chi connectivity index (χ0v) is 10.6. The van der Waals surface area contributed by atoms with Gasteiger partial charge in [-0.05, 0) is 50.3 Å². The molecule has 1 aliphatic carbocycles. The maximum Gasteiger partial charge on any atom is 0.101 e. The van der Waals surface area contributed by atoms with Gasteiger partial charge in [0.25, 0.3) is 0 Å². The number of nitrogens with two attached hydrogens (primary N) is 1. The second-order valence-electron chi connectivity index (χ2n) is 4.70. The average molecular weight is 241 g/mol. The van der Waals surface area contributed by atoms with E-state index in [0.29, 0.717) is 11.3 Å². The fraction of sp³-hybridized carbons (Fsp3) is 0.400. The Hall–Kier alpha value is -1.95. The molecule has 0 spiro atoms. The molecule has 1 aromatic rings. The van der Waals surface area contributed by atoms with Crippen LogP contribution in [0.4, 0.5) is 11.4 Å². The number of nitriles is 1. The molecule has 0 atom stereocenters. The summed E-state index contributed by atoms with van der Waals surface area (Å²) in [6.45, 7) is 0.928. The molecule has 3 heteroatoms. The Morgan fingerprint density at radius 2 is 2.22 bits per heavy atom. The lowest BCUT2D eigenvalue weighted by atomic mass is 9.97. The zero-order valence-electron chi connectivity index (χ0n) is 10.6. The SMILES string of the molecule is N#Cc1ccc(NCCC2=CCCCC2)cc1N. The van der Waals surface area contributed by atoms with Gasteiger partial charge in [-0.15, -0.1) is 0 Å². The van der Waals surface area contributed by atoms with E-state index in [9.17, 15) is 0 Å². The minimum Gasteiger partial charge on any atom is -0.398 e. The van der Waals surface area contributed by atoms with Crippen LogP contribution in [0.1, 0.15) is 37.7 Å². The monoisotopic (exact) mass is 241 g/mol. The summed E-state index contributed by atoms with van der Waals surface area (Å²) in [6.07, 6.45) is 8.62. The lowest BCUT2D eigenvalue weighted by Gasteiger charge is -2.13. The first-order valence-electron chi connectivity index (χ1n) is 6.51. The molecule has 0 unspecified atom stereocenters. The van der Waals surface area contributed by atoms with E-state index < -0.39 is 0 Å². The van der Waals surface area contributed by atoms with Crippen LogP contribution >= 0.6 is 0 Å². The Labute approximate surface area is 108 Å². The molecule has 0 aliphatic heterocycles. The lowest BCUT2D eigenvalue weighted by molar-refractivity contribution is 0.679. The van der Waals surface area contributed by atoms with Gasteiger partial charge in [-0.1, -0.05) is 11.6 Å². The molecule has 0 radical (unpaired) electrons. The molecule has 3 nitrogen and oxygen atoms in total. The highest BCUT2D eigenvalue weighted by molar-refractivity contribution is 5.62. The molecule has 1 aromatic carbocycles. The summed E-state index contributed by atoms with van der Waals surface area (Å²) in [5.74, 6) is 0. The summed E-state index contributed by atoms with van der Waals surface area (Å²) >= 11 is 0. The van der Waals surface area contributed by atoms with E-state index in [0.717, 1.165) is 18.7 Å². The summed E-state index contributed by atoms with van der Waals surface area (Å²) in [5, 5.41) is 12.2. The van der Waals surface area contributed by atoms with Crippen LogP contribution < -0.4 is 11.1 Å². The third-order valence-corrected chi connectivity index (χ3v) is 3.33. The molecule has 0 fully saturated rings. The number of rotatable bonds is 4. The van der Waals surface area contributed by atoms with Gasteiger partial charge in [0.2, 0.25) is 0 Å². The Morgan fingerprint density at radius 3 is 2.89 bits per heavy atom. The van der Waals surface area contributed by atoms with Crippen molar-refractivity contribution >= 4 is 11.4 Å². The minimum absolute atomic E-state index is 0.538. The van der Waals surface area contributed by atoms with Crippen molar-refractivity contribution in [2.45, 2.75) is 32.1 Å². The van der Waals surface area contributed by atoms with Crippen molar-refractivity contribution in [3.8, 4) is 6.07 Å². The fourth-order valence-corrected chi connectivity index (χ4v) is 2.27. The van der Waals surface area contributed by atoms with Gasteiger partial charge in [0.15, 0.2) is 0 Å². The quantitative estimate of drug-likeness (QED) is 0.627. The number of hydrogen-bond donors (Lipinski definition) is 2. The number of hydrogen-bond acceptors (Lipinski definition) is 3. The van der Waals surface area contributed by atoms with Crippen molar-refractivity contribution in [3.63, 3.8) is 0 Å². The van der Waals surface area contributed by atoms with Crippen LogP contribution in [0.25, 0.3) is 0 Å². The van der Waals surface area contributed by atoms with Crippen LogP contribution in [0, 0.1) is 11.3 Å². The molecule has 94 valence electrons. The van der Waals surface area contributed by atoms with Gasteiger partial charge in [0.05, 0.1) is 11.3 Å². The Morgan fingerprint density at radius 1 is 1.33 bits per heavy atom. The van der Waals surface area contributed by atoms with Gasteiger partial charge >= 0.3 is 0 Å². The van der Waals surface area contributed by atoms with Gasteiger partial charge in [0.1, 0.15) is 6.07 Å². The summed E-state index contributed by atoms with van der Waals surface area (Å²) in [7, 11) is 0. The van der Waals surface area contributed by atoms with Crippen molar-refractivity contribution in [1.29, 1.82) is 5.26 Å². The average Bonchev–Trinajstić information content (AvgIpc) is 2.40. The molecule has 0 bridgehead atoms. The number of nitrogen functional groups attached to an aromatic ring is 1. The van der Waals surface area contributed by atoms with Crippen LogP contribution in [0.5, 0.6) is 0 Å². The minimum atomic E-state index is 0.538. The molecule has 0 saturated heterocycles. The first kappa shape index (κ1) is 12.5. The maximum absolute atomic E-state index is 8.80. The largest absolute Gasteiger partial charge is 0.398 e. The Bertz CT molecular complexity index is 483. The van der Waals surface area contributed by atoms with E-state index >= 15 is 0 Å². The number of benzene rings is 1. The van der Waals surface area contributed by atoms with Gasteiger partial charge < -0.3 is 11.1 Å². The summed E-state index contributed by atoms with van der Waals surface area (Å²) in [6, 6.07) is 7.56. The summed E-state index contributed by atoms with van der Waals surface area (Å²) in [5.41, 5.74) is 9.41. The highest BCUT2D eigenvalue weighted by atomic mass is 14.9. The molecule has 0 saturated carbocycles. The Kier molecular flexibility index (Phi) is 4.25. The molecular formula is C15H19N3. The highest BCUT2D eigenvalue weighted by Crippen LogP contribution is 2.21. The predicted octanol–water partition coefficient (Wildman–Crippen LogP) is 3.44. The van der Waals surface area contributed by atoms with Crippen molar-refractivity contribution in [2.75, 3.05) is 17.6 Å². The number of nitrogens with one attached hydrogen (secondary N) is 1. The number of nitrogens with zero attached hydrogens (tertiary/aromatic N) is 1. The Balaban J connectivity index is 1.85. The summed E-state index contributed by atoms with van der Waals surface area (Å²) in [4.78, 5) is 0. The summed E-state index contributed by atoms with van der Waals surface area (Å²) < 4.78 is 0. The molecule has 18 heavy (non-hydrogen) atoms. The molecule has 2 rings (SSSR count). The van der Waals surface area contributed by atoms with Crippen LogP contribution in [0.3, 0.4) is 0 Å². The third kappa shape index (κ3) is 3.27. The molecular weight excluding hydrogens is 222 g/mol. The van der Waals surface area contributed by atoms with Gasteiger partial charge in [-0.2, -0.15) is 5.26 Å². The van der Waals surface area contributed by atoms with Crippen molar-refractivity contribution < 1.29 is 0 Å². The predicted molar refractivity (Wildman–Crippen MR) is 75.2 cm³/mol. The second-order valence-corrected chi connectivity index (χ2v) is 4.70. The van der Waals surface area contributed by atoms with Crippen LogP contribution in [-0.2, 0) is 0 Å². The van der Waals surface area contributed by atoms with E-state index in [1.807, 2.05) is 12.1 Å². The van der Waals surface area contributed by atoms with E-state index in [1.165, 1.54) is 25.7 Å². The van der Waals surface area contributed by atoms with Crippen molar-refractivity contribution in [2.24, 2.45) is 0 Å². The van der Waals surface area contributed by atoms with Gasteiger partial charge in [-0.3, -0.25) is 0 Å². The van der Waals surface area contributed by atoms with Crippen molar-refractivity contribution in [3.05, 3.63) is 35.4 Å². The molecule has 0 amide bonds. The first-order valence-corrected chi connectivity index (χ1v) is 6.51. The normalized spacial score (nSPS) is 14.7.